The third-order valence-corrected chi connectivity index (χ3v) is 3.79. The number of carbonyl (C=O) groups is 1. The molecule has 2 N–H and O–H groups in total. The zero-order valence-corrected chi connectivity index (χ0v) is 11.5. The summed E-state index contributed by atoms with van der Waals surface area (Å²) in [6.45, 7) is 6.15. The number of hydrogen-bond acceptors (Lipinski definition) is 3. The molecule has 0 aromatic carbocycles. The van der Waals surface area contributed by atoms with Crippen LogP contribution in [0.2, 0.25) is 4.34 Å². The quantitative estimate of drug-likeness (QED) is 0.902. The van der Waals surface area contributed by atoms with E-state index in [4.69, 9.17) is 17.3 Å². The largest absolute Gasteiger partial charge is 0.327 e. The summed E-state index contributed by atoms with van der Waals surface area (Å²) in [5.41, 5.74) is 5.94. The van der Waals surface area contributed by atoms with Crippen LogP contribution in [0.3, 0.4) is 0 Å². The van der Waals surface area contributed by atoms with Crippen LogP contribution in [0, 0.1) is 5.41 Å². The van der Waals surface area contributed by atoms with Gasteiger partial charge in [-0.05, 0) is 17.5 Å². The summed E-state index contributed by atoms with van der Waals surface area (Å²) >= 11 is 7.26. The molecule has 0 aliphatic carbocycles. The highest BCUT2D eigenvalue weighted by molar-refractivity contribution is 7.16. The fourth-order valence-electron chi connectivity index (χ4n) is 1.26. The lowest BCUT2D eigenvalue weighted by Crippen LogP contribution is -2.37. The molecule has 0 aliphatic heterocycles. The Balaban J connectivity index is 2.48. The molecule has 2 nitrogen and oxygen atoms in total. The van der Waals surface area contributed by atoms with Crippen LogP contribution >= 0.6 is 22.9 Å². The lowest BCUT2D eigenvalue weighted by molar-refractivity contribution is -0.119. The lowest BCUT2D eigenvalue weighted by atomic mass is 9.84. The van der Waals surface area contributed by atoms with Gasteiger partial charge in [-0.1, -0.05) is 32.4 Å². The van der Waals surface area contributed by atoms with E-state index < -0.39 is 0 Å². The number of halogens is 1. The molecular formula is C12H18ClNOS. The van der Waals surface area contributed by atoms with Crippen LogP contribution in [0.15, 0.2) is 12.1 Å². The van der Waals surface area contributed by atoms with Crippen LogP contribution in [-0.2, 0) is 11.2 Å². The standard InChI is InChI=1S/C12H18ClNOS/c1-12(2,3)10(14)7-8(15)6-9-4-5-11(13)16-9/h4-5,10H,6-7,14H2,1-3H3. The van der Waals surface area contributed by atoms with Crippen molar-refractivity contribution in [1.82, 2.24) is 0 Å². The van der Waals surface area contributed by atoms with Crippen molar-refractivity contribution in [3.05, 3.63) is 21.3 Å². The molecule has 1 unspecified atom stereocenters. The van der Waals surface area contributed by atoms with Crippen LogP contribution in [0.1, 0.15) is 32.1 Å². The van der Waals surface area contributed by atoms with Gasteiger partial charge in [-0.25, -0.2) is 0 Å². The van der Waals surface area contributed by atoms with Gasteiger partial charge in [-0.2, -0.15) is 0 Å². The van der Waals surface area contributed by atoms with Gasteiger partial charge in [0.1, 0.15) is 5.78 Å². The minimum Gasteiger partial charge on any atom is -0.327 e. The first kappa shape index (κ1) is 13.7. The molecule has 0 radical (unpaired) electrons. The van der Waals surface area contributed by atoms with Crippen molar-refractivity contribution in [3.8, 4) is 0 Å². The van der Waals surface area contributed by atoms with E-state index in [1.807, 2.05) is 32.9 Å². The van der Waals surface area contributed by atoms with E-state index >= 15 is 0 Å². The number of hydrogen-bond donors (Lipinski definition) is 1. The first-order chi connectivity index (χ1) is 7.29. The van der Waals surface area contributed by atoms with Crippen LogP contribution in [-0.4, -0.2) is 11.8 Å². The van der Waals surface area contributed by atoms with Crippen LogP contribution in [0.25, 0.3) is 0 Å². The summed E-state index contributed by atoms with van der Waals surface area (Å²) in [5, 5.41) is 0. The van der Waals surface area contributed by atoms with Gasteiger partial charge in [-0.3, -0.25) is 4.79 Å². The van der Waals surface area contributed by atoms with Gasteiger partial charge in [0.25, 0.3) is 0 Å². The highest BCUT2D eigenvalue weighted by Gasteiger charge is 2.23. The van der Waals surface area contributed by atoms with E-state index in [0.717, 1.165) is 9.21 Å². The Morgan fingerprint density at radius 2 is 2.12 bits per heavy atom. The molecule has 1 heterocycles. The predicted molar refractivity (Wildman–Crippen MR) is 70.1 cm³/mol. The molecule has 0 amide bonds. The molecule has 1 aromatic heterocycles. The van der Waals surface area contributed by atoms with Gasteiger partial charge in [0.05, 0.1) is 4.34 Å². The second kappa shape index (κ2) is 5.30. The summed E-state index contributed by atoms with van der Waals surface area (Å²) in [5.74, 6) is 0.181. The van der Waals surface area contributed by atoms with Crippen molar-refractivity contribution in [3.63, 3.8) is 0 Å². The fraction of sp³-hybridized carbons (Fsp3) is 0.583. The van der Waals surface area contributed by atoms with E-state index in [9.17, 15) is 4.79 Å². The SMILES string of the molecule is CC(C)(C)C(N)CC(=O)Cc1ccc(Cl)s1. The summed E-state index contributed by atoms with van der Waals surface area (Å²) in [6.07, 6.45) is 0.875. The summed E-state index contributed by atoms with van der Waals surface area (Å²) in [4.78, 5) is 12.8. The maximum Gasteiger partial charge on any atom is 0.139 e. The average molecular weight is 260 g/mol. The molecule has 0 fully saturated rings. The monoisotopic (exact) mass is 259 g/mol. The maximum atomic E-state index is 11.8. The Morgan fingerprint density at radius 1 is 1.50 bits per heavy atom. The first-order valence-electron chi connectivity index (χ1n) is 5.30. The van der Waals surface area contributed by atoms with E-state index in [2.05, 4.69) is 0 Å². The average Bonchev–Trinajstić information content (AvgIpc) is 2.49. The third kappa shape index (κ3) is 4.24. The first-order valence-corrected chi connectivity index (χ1v) is 6.50. The smallest absolute Gasteiger partial charge is 0.139 e. The van der Waals surface area contributed by atoms with Crippen LogP contribution in [0.5, 0.6) is 0 Å². The zero-order chi connectivity index (χ0) is 12.3. The summed E-state index contributed by atoms with van der Waals surface area (Å²) in [6, 6.07) is 3.63. The van der Waals surface area contributed by atoms with Gasteiger partial charge >= 0.3 is 0 Å². The minimum atomic E-state index is -0.0876. The number of rotatable bonds is 4. The molecule has 0 saturated heterocycles. The van der Waals surface area contributed by atoms with Gasteiger partial charge < -0.3 is 5.73 Å². The Labute approximate surface area is 106 Å². The second-order valence-corrected chi connectivity index (χ2v) is 6.90. The van der Waals surface area contributed by atoms with Crippen molar-refractivity contribution in [2.45, 2.75) is 39.7 Å². The molecule has 1 aromatic rings. The highest BCUT2D eigenvalue weighted by Crippen LogP contribution is 2.24. The molecular weight excluding hydrogens is 242 g/mol. The summed E-state index contributed by atoms with van der Waals surface area (Å²) in [7, 11) is 0. The number of thiophene rings is 1. The fourth-order valence-corrected chi connectivity index (χ4v) is 2.38. The van der Waals surface area contributed by atoms with Gasteiger partial charge in [0.2, 0.25) is 0 Å². The van der Waals surface area contributed by atoms with Crippen molar-refractivity contribution >= 4 is 28.7 Å². The van der Waals surface area contributed by atoms with Gasteiger partial charge in [0, 0.05) is 23.8 Å². The molecule has 0 aliphatic rings. The van der Waals surface area contributed by atoms with E-state index in [1.165, 1.54) is 11.3 Å². The van der Waals surface area contributed by atoms with E-state index in [1.54, 1.807) is 0 Å². The Morgan fingerprint density at radius 3 is 2.56 bits per heavy atom. The number of ketones is 1. The second-order valence-electron chi connectivity index (χ2n) is 5.10. The van der Waals surface area contributed by atoms with Crippen molar-refractivity contribution in [2.24, 2.45) is 11.1 Å². The number of nitrogens with two attached hydrogens (primary N) is 1. The van der Waals surface area contributed by atoms with E-state index in [-0.39, 0.29) is 17.2 Å². The topological polar surface area (TPSA) is 43.1 Å². The lowest BCUT2D eigenvalue weighted by Gasteiger charge is -2.26. The Kier molecular flexibility index (Phi) is 4.53. The molecule has 0 saturated carbocycles. The van der Waals surface area contributed by atoms with Crippen molar-refractivity contribution in [1.29, 1.82) is 0 Å². The van der Waals surface area contributed by atoms with Crippen molar-refractivity contribution < 1.29 is 4.79 Å². The van der Waals surface area contributed by atoms with Gasteiger partial charge in [0.15, 0.2) is 0 Å². The number of carbonyl (C=O) groups excluding carboxylic acids is 1. The minimum absolute atomic E-state index is 0.0250. The molecule has 0 bridgehead atoms. The Hall–Kier alpha value is -0.380. The predicted octanol–water partition coefficient (Wildman–Crippen LogP) is 3.28. The van der Waals surface area contributed by atoms with Crippen LogP contribution in [0.4, 0.5) is 0 Å². The maximum absolute atomic E-state index is 11.8. The molecule has 0 spiro atoms. The van der Waals surface area contributed by atoms with Gasteiger partial charge in [-0.15, -0.1) is 11.3 Å². The number of Topliss-reactive ketones (excluding diaryl/α,β-unsaturated/α-hetero) is 1. The zero-order valence-electron chi connectivity index (χ0n) is 9.92. The molecule has 1 atom stereocenters. The third-order valence-electron chi connectivity index (χ3n) is 2.56. The Bertz CT molecular complexity index is 367. The normalized spacial score (nSPS) is 13.8. The van der Waals surface area contributed by atoms with E-state index in [0.29, 0.717) is 12.8 Å². The molecule has 16 heavy (non-hydrogen) atoms. The molecule has 90 valence electrons. The molecule has 1 rings (SSSR count). The van der Waals surface area contributed by atoms with Crippen molar-refractivity contribution in [2.75, 3.05) is 0 Å². The summed E-state index contributed by atoms with van der Waals surface area (Å²) < 4.78 is 0.725. The highest BCUT2D eigenvalue weighted by atomic mass is 35.5. The molecule has 4 heteroatoms. The van der Waals surface area contributed by atoms with Crippen LogP contribution < -0.4 is 5.73 Å².